The summed E-state index contributed by atoms with van der Waals surface area (Å²) in [5.74, 6) is -9.97. The minimum atomic E-state index is -1.86. The third kappa shape index (κ3) is 2.97. The van der Waals surface area contributed by atoms with Gasteiger partial charge in [-0.15, -0.1) is 0 Å². The Kier molecular flexibility index (Phi) is 4.76. The molecule has 0 saturated carbocycles. The van der Waals surface area contributed by atoms with Crippen LogP contribution in [0.2, 0.25) is 5.02 Å². The summed E-state index contributed by atoms with van der Waals surface area (Å²) in [4.78, 5) is 16.2. The molecule has 26 heavy (non-hydrogen) atoms. The van der Waals surface area contributed by atoms with Crippen molar-refractivity contribution in [3.05, 3.63) is 51.6 Å². The van der Waals surface area contributed by atoms with Crippen molar-refractivity contribution in [1.82, 2.24) is 4.98 Å². The van der Waals surface area contributed by atoms with Gasteiger partial charge in [0.25, 0.3) is 5.91 Å². The Labute approximate surface area is 153 Å². The number of anilines is 1. The van der Waals surface area contributed by atoms with Crippen molar-refractivity contribution in [3.63, 3.8) is 0 Å². The van der Waals surface area contributed by atoms with Crippen LogP contribution in [-0.4, -0.2) is 18.0 Å². The van der Waals surface area contributed by atoms with E-state index in [0.717, 1.165) is 24.0 Å². The summed E-state index contributed by atoms with van der Waals surface area (Å²) in [7, 11) is 0.842. The van der Waals surface area contributed by atoms with Crippen LogP contribution in [0.15, 0.2) is 12.1 Å². The predicted octanol–water partition coefficient (Wildman–Crippen LogP) is 5.08. The smallest absolute Gasteiger partial charge is 0.263 e. The minimum absolute atomic E-state index is 0.0119. The van der Waals surface area contributed by atoms with E-state index in [0.29, 0.717) is 15.2 Å². The number of nitrogens with one attached hydrogen (secondary N) is 1. The Morgan fingerprint density at radius 2 is 1.77 bits per heavy atom. The number of nitrogens with zero attached hydrogens (tertiary/aromatic N) is 1. The van der Waals surface area contributed by atoms with Gasteiger partial charge in [0.15, 0.2) is 22.5 Å². The van der Waals surface area contributed by atoms with Gasteiger partial charge >= 0.3 is 0 Å². The van der Waals surface area contributed by atoms with Crippen molar-refractivity contribution in [2.24, 2.45) is 0 Å². The van der Waals surface area contributed by atoms with Crippen LogP contribution in [0.5, 0.6) is 5.75 Å². The topological polar surface area (TPSA) is 51.2 Å². The van der Waals surface area contributed by atoms with Gasteiger partial charge in [-0.2, -0.15) is 8.78 Å². The van der Waals surface area contributed by atoms with Gasteiger partial charge in [-0.25, -0.2) is 13.8 Å². The van der Waals surface area contributed by atoms with E-state index in [-0.39, 0.29) is 5.13 Å². The summed E-state index contributed by atoms with van der Waals surface area (Å²) in [6.07, 6.45) is 0. The highest BCUT2D eigenvalue weighted by Crippen LogP contribution is 2.33. The van der Waals surface area contributed by atoms with Crippen LogP contribution in [0, 0.1) is 30.2 Å². The summed E-state index contributed by atoms with van der Waals surface area (Å²) in [5.41, 5.74) is -0.180. The number of methoxy groups -OCH3 is 1. The first-order valence-electron chi connectivity index (χ1n) is 7.02. The molecular formula is C16H9ClF4N2O2S. The van der Waals surface area contributed by atoms with E-state index in [2.05, 4.69) is 15.0 Å². The molecule has 1 amide bonds. The molecular weight excluding hydrogens is 396 g/mol. The van der Waals surface area contributed by atoms with Gasteiger partial charge in [0.05, 0.1) is 17.3 Å². The van der Waals surface area contributed by atoms with Gasteiger partial charge in [0.1, 0.15) is 5.56 Å². The van der Waals surface area contributed by atoms with E-state index >= 15 is 0 Å². The number of thiazole rings is 1. The fourth-order valence-electron chi connectivity index (χ4n) is 2.25. The highest BCUT2D eigenvalue weighted by molar-refractivity contribution is 7.22. The number of carbonyl (C=O) groups is 1. The summed E-state index contributed by atoms with van der Waals surface area (Å²) < 4.78 is 60.4. The van der Waals surface area contributed by atoms with Gasteiger partial charge in [-0.1, -0.05) is 22.9 Å². The third-order valence-corrected chi connectivity index (χ3v) is 4.88. The maximum Gasteiger partial charge on any atom is 0.263 e. The van der Waals surface area contributed by atoms with Gasteiger partial charge in [-0.05, 0) is 24.6 Å². The SMILES string of the molecule is COc1c(F)c(F)c(C(=O)Nc2nc3cc(Cl)c(C)cc3s2)c(F)c1F. The highest BCUT2D eigenvalue weighted by atomic mass is 35.5. The number of hydrogen-bond acceptors (Lipinski definition) is 4. The fourth-order valence-corrected chi connectivity index (χ4v) is 3.35. The molecule has 0 spiro atoms. The Bertz CT molecular complexity index is 987. The van der Waals surface area contributed by atoms with Crippen LogP contribution in [0.3, 0.4) is 0 Å². The predicted molar refractivity (Wildman–Crippen MR) is 90.1 cm³/mol. The molecule has 136 valence electrons. The lowest BCUT2D eigenvalue weighted by molar-refractivity contribution is 0.101. The van der Waals surface area contributed by atoms with Gasteiger partial charge in [-0.3, -0.25) is 10.1 Å². The highest BCUT2D eigenvalue weighted by Gasteiger charge is 2.30. The number of benzene rings is 2. The molecule has 1 aromatic heterocycles. The van der Waals surface area contributed by atoms with Crippen LogP contribution >= 0.6 is 22.9 Å². The van der Waals surface area contributed by atoms with Crippen molar-refractivity contribution in [2.75, 3.05) is 12.4 Å². The first kappa shape index (κ1) is 18.4. The number of carbonyl (C=O) groups excluding carboxylic acids is 1. The molecule has 0 aliphatic rings. The first-order chi connectivity index (χ1) is 12.2. The monoisotopic (exact) mass is 404 g/mol. The Hall–Kier alpha value is -2.39. The normalized spacial score (nSPS) is 11.0. The largest absolute Gasteiger partial charge is 0.491 e. The Morgan fingerprint density at radius 3 is 2.35 bits per heavy atom. The number of fused-ring (bicyclic) bond motifs is 1. The van der Waals surface area contributed by atoms with E-state index in [4.69, 9.17) is 11.6 Å². The van der Waals surface area contributed by atoms with Crippen LogP contribution in [-0.2, 0) is 0 Å². The second kappa shape index (κ2) is 6.73. The Morgan fingerprint density at radius 1 is 1.15 bits per heavy atom. The molecule has 1 N–H and O–H groups in total. The molecule has 0 atom stereocenters. The summed E-state index contributed by atoms with van der Waals surface area (Å²) in [6, 6.07) is 3.28. The van der Waals surface area contributed by atoms with Gasteiger partial charge < -0.3 is 4.74 Å². The molecule has 0 fully saturated rings. The quantitative estimate of drug-likeness (QED) is 0.489. The van der Waals surface area contributed by atoms with Crippen LogP contribution in [0.25, 0.3) is 10.2 Å². The van der Waals surface area contributed by atoms with E-state index in [1.54, 1.807) is 19.1 Å². The van der Waals surface area contributed by atoms with E-state index in [1.807, 2.05) is 0 Å². The number of amides is 1. The molecule has 1 heterocycles. The lowest BCUT2D eigenvalue weighted by Crippen LogP contribution is -2.18. The number of aromatic nitrogens is 1. The zero-order valence-electron chi connectivity index (χ0n) is 13.2. The number of halogens is 5. The molecule has 0 saturated heterocycles. The van der Waals surface area contributed by atoms with Crippen LogP contribution < -0.4 is 10.1 Å². The molecule has 10 heteroatoms. The van der Waals surface area contributed by atoms with Gasteiger partial charge in [0, 0.05) is 5.02 Å². The van der Waals surface area contributed by atoms with Crippen molar-refractivity contribution in [3.8, 4) is 5.75 Å². The number of aryl methyl sites for hydroxylation is 1. The summed E-state index contributed by atoms with van der Waals surface area (Å²) in [5, 5.41) is 2.58. The molecule has 2 aromatic carbocycles. The van der Waals surface area contributed by atoms with Crippen molar-refractivity contribution in [1.29, 1.82) is 0 Å². The summed E-state index contributed by atoms with van der Waals surface area (Å²) >= 11 is 7.00. The Balaban J connectivity index is 2.01. The molecule has 0 unspecified atom stereocenters. The molecule has 0 bridgehead atoms. The molecule has 0 radical (unpaired) electrons. The molecule has 0 aliphatic carbocycles. The maximum atomic E-state index is 14.0. The number of hydrogen-bond donors (Lipinski definition) is 1. The zero-order valence-corrected chi connectivity index (χ0v) is 14.8. The molecule has 0 aliphatic heterocycles. The molecule has 4 nitrogen and oxygen atoms in total. The van der Waals surface area contributed by atoms with E-state index in [1.165, 1.54) is 0 Å². The van der Waals surface area contributed by atoms with E-state index < -0.39 is 40.5 Å². The van der Waals surface area contributed by atoms with Crippen molar-refractivity contribution >= 4 is 44.2 Å². The van der Waals surface area contributed by atoms with Crippen molar-refractivity contribution in [2.45, 2.75) is 6.92 Å². The lowest BCUT2D eigenvalue weighted by Gasteiger charge is -2.10. The number of ether oxygens (including phenoxy) is 1. The molecule has 3 rings (SSSR count). The average Bonchev–Trinajstić information content (AvgIpc) is 2.95. The number of rotatable bonds is 3. The first-order valence-corrected chi connectivity index (χ1v) is 8.22. The third-order valence-electron chi connectivity index (χ3n) is 3.54. The van der Waals surface area contributed by atoms with Crippen LogP contribution in [0.1, 0.15) is 15.9 Å². The van der Waals surface area contributed by atoms with E-state index in [9.17, 15) is 22.4 Å². The lowest BCUT2D eigenvalue weighted by atomic mass is 10.1. The minimum Gasteiger partial charge on any atom is -0.491 e. The standard InChI is InChI=1S/C16H9ClF4N2O2S/c1-5-3-8-7(4-6(5)17)22-16(26-8)23-15(24)9-10(18)12(20)14(25-2)13(21)11(9)19/h3-4H,1-2H3,(H,22,23,24). The van der Waals surface area contributed by atoms with Gasteiger partial charge in [0.2, 0.25) is 11.6 Å². The second-order valence-corrected chi connectivity index (χ2v) is 6.64. The zero-order chi connectivity index (χ0) is 19.2. The molecule has 3 aromatic rings. The summed E-state index contributed by atoms with van der Waals surface area (Å²) in [6.45, 7) is 1.77. The second-order valence-electron chi connectivity index (χ2n) is 5.21. The maximum absolute atomic E-state index is 14.0. The van der Waals surface area contributed by atoms with Crippen molar-refractivity contribution < 1.29 is 27.1 Å². The van der Waals surface area contributed by atoms with Crippen LogP contribution in [0.4, 0.5) is 22.7 Å². The average molecular weight is 405 g/mol. The fraction of sp³-hybridized carbons (Fsp3) is 0.125.